The molecule has 0 atom stereocenters. The number of rotatable bonds is 6. The normalized spacial score (nSPS) is 15.4. The maximum absolute atomic E-state index is 12.3. The average molecular weight is 342 g/mol. The molecule has 0 spiro atoms. The summed E-state index contributed by atoms with van der Waals surface area (Å²) >= 11 is 0. The Bertz CT molecular complexity index is 683. The van der Waals surface area contributed by atoms with Crippen molar-refractivity contribution in [3.63, 3.8) is 0 Å². The first-order valence-electron chi connectivity index (χ1n) is 8.23. The zero-order chi connectivity index (χ0) is 18.2. The molecule has 0 saturated carbocycles. The van der Waals surface area contributed by atoms with E-state index in [1.807, 2.05) is 17.9 Å². The van der Waals surface area contributed by atoms with Gasteiger partial charge in [0.05, 0.1) is 6.61 Å². The summed E-state index contributed by atoms with van der Waals surface area (Å²) < 4.78 is 5.34. The largest absolute Gasteiger partial charge is 0.494 e. The van der Waals surface area contributed by atoms with E-state index in [1.54, 1.807) is 30.5 Å². The van der Waals surface area contributed by atoms with Crippen LogP contribution in [0.2, 0.25) is 0 Å². The zero-order valence-electron chi connectivity index (χ0n) is 14.2. The molecule has 1 aromatic carbocycles. The highest BCUT2D eigenvalue weighted by atomic mass is 16.5. The molecule has 132 valence electrons. The van der Waals surface area contributed by atoms with Crippen molar-refractivity contribution in [3.05, 3.63) is 36.0 Å². The Morgan fingerprint density at radius 1 is 1.36 bits per heavy atom. The van der Waals surface area contributed by atoms with Crippen LogP contribution in [-0.2, 0) is 9.59 Å². The number of piperidine rings is 1. The highest BCUT2D eigenvalue weighted by molar-refractivity contribution is 6.06. The van der Waals surface area contributed by atoms with E-state index in [-0.39, 0.29) is 17.4 Å². The number of primary amides is 1. The minimum Gasteiger partial charge on any atom is -0.494 e. The smallest absolute Gasteiger partial charge is 0.267 e. The lowest BCUT2D eigenvalue weighted by atomic mass is 9.96. The number of nitrogens with two attached hydrogens (primary N) is 1. The molecule has 0 aromatic heterocycles. The van der Waals surface area contributed by atoms with E-state index >= 15 is 0 Å². The Hall–Kier alpha value is -3.01. The Labute approximate surface area is 147 Å². The van der Waals surface area contributed by atoms with Gasteiger partial charge in [0, 0.05) is 30.9 Å². The van der Waals surface area contributed by atoms with E-state index in [0.717, 1.165) is 0 Å². The third-order valence-electron chi connectivity index (χ3n) is 4.03. The third kappa shape index (κ3) is 5.24. The number of nitriles is 1. The van der Waals surface area contributed by atoms with Crippen molar-refractivity contribution >= 4 is 17.5 Å². The monoisotopic (exact) mass is 342 g/mol. The van der Waals surface area contributed by atoms with E-state index in [9.17, 15) is 14.9 Å². The lowest BCUT2D eigenvalue weighted by Crippen LogP contribution is -2.36. The number of hydrogen-bond acceptors (Lipinski definition) is 5. The fraction of sp³-hybridized carbons (Fsp3) is 0.389. The fourth-order valence-corrected chi connectivity index (χ4v) is 2.63. The van der Waals surface area contributed by atoms with E-state index in [0.29, 0.717) is 44.0 Å². The topological polar surface area (TPSA) is 108 Å². The molecule has 25 heavy (non-hydrogen) atoms. The summed E-state index contributed by atoms with van der Waals surface area (Å²) in [5.74, 6) is -0.178. The van der Waals surface area contributed by atoms with Gasteiger partial charge < -0.3 is 20.7 Å². The molecule has 2 rings (SSSR count). The molecule has 1 saturated heterocycles. The number of benzene rings is 1. The van der Waals surface area contributed by atoms with Gasteiger partial charge >= 0.3 is 0 Å². The van der Waals surface area contributed by atoms with E-state index in [4.69, 9.17) is 10.5 Å². The van der Waals surface area contributed by atoms with Gasteiger partial charge in [0.25, 0.3) is 5.91 Å². The molecule has 7 heteroatoms. The van der Waals surface area contributed by atoms with Crippen LogP contribution >= 0.6 is 0 Å². The number of anilines is 1. The highest BCUT2D eigenvalue weighted by Crippen LogP contribution is 2.19. The third-order valence-corrected chi connectivity index (χ3v) is 4.03. The molecule has 1 aliphatic heterocycles. The van der Waals surface area contributed by atoms with Gasteiger partial charge in [-0.1, -0.05) is 0 Å². The standard InChI is InChI=1S/C18H22N4O3/c1-2-25-16-5-3-15(4-6-16)21-18(24)14(11-19)12-22-9-7-13(8-10-22)17(20)23/h3-6,12-13H,2,7-10H2,1H3,(H2,20,23)(H,21,24)/b14-12-. The zero-order valence-corrected chi connectivity index (χ0v) is 14.2. The Balaban J connectivity index is 1.96. The maximum Gasteiger partial charge on any atom is 0.267 e. The molecule has 1 fully saturated rings. The number of nitrogens with one attached hydrogen (secondary N) is 1. The van der Waals surface area contributed by atoms with E-state index in [2.05, 4.69) is 5.32 Å². The van der Waals surface area contributed by atoms with Crippen LogP contribution in [0.1, 0.15) is 19.8 Å². The van der Waals surface area contributed by atoms with Gasteiger partial charge in [-0.05, 0) is 44.0 Å². The Morgan fingerprint density at radius 3 is 2.52 bits per heavy atom. The first-order chi connectivity index (χ1) is 12.0. The number of likely N-dealkylation sites (tertiary alicyclic amines) is 1. The molecular formula is C18H22N4O3. The SMILES string of the molecule is CCOc1ccc(NC(=O)/C(C#N)=C\N2CCC(C(N)=O)CC2)cc1. The number of nitrogens with zero attached hydrogens (tertiary/aromatic N) is 2. The second kappa shape index (κ2) is 8.73. The molecule has 0 bridgehead atoms. The van der Waals surface area contributed by atoms with Gasteiger partial charge in [-0.2, -0.15) is 5.26 Å². The molecule has 0 aliphatic carbocycles. The van der Waals surface area contributed by atoms with Crippen LogP contribution in [-0.4, -0.2) is 36.4 Å². The van der Waals surface area contributed by atoms with Crippen LogP contribution < -0.4 is 15.8 Å². The summed E-state index contributed by atoms with van der Waals surface area (Å²) in [6.45, 7) is 3.65. The van der Waals surface area contributed by atoms with Crippen LogP contribution in [0.15, 0.2) is 36.0 Å². The Morgan fingerprint density at radius 2 is 2.00 bits per heavy atom. The van der Waals surface area contributed by atoms with Gasteiger partial charge in [-0.15, -0.1) is 0 Å². The van der Waals surface area contributed by atoms with Crippen molar-refractivity contribution in [2.45, 2.75) is 19.8 Å². The lowest BCUT2D eigenvalue weighted by Gasteiger charge is -2.29. The van der Waals surface area contributed by atoms with Crippen molar-refractivity contribution in [1.82, 2.24) is 4.90 Å². The van der Waals surface area contributed by atoms with Crippen LogP contribution in [0.3, 0.4) is 0 Å². The van der Waals surface area contributed by atoms with Gasteiger partial charge in [-0.3, -0.25) is 9.59 Å². The second-order valence-electron chi connectivity index (χ2n) is 5.78. The maximum atomic E-state index is 12.3. The van der Waals surface area contributed by atoms with Gasteiger partial charge in [0.15, 0.2) is 0 Å². The number of carbonyl (C=O) groups is 2. The van der Waals surface area contributed by atoms with Crippen LogP contribution in [0, 0.1) is 17.2 Å². The summed E-state index contributed by atoms with van der Waals surface area (Å²) in [7, 11) is 0. The van der Waals surface area contributed by atoms with E-state index in [1.165, 1.54) is 0 Å². The summed E-state index contributed by atoms with van der Waals surface area (Å²) in [5, 5.41) is 12.0. The van der Waals surface area contributed by atoms with Crippen LogP contribution in [0.5, 0.6) is 5.75 Å². The number of ether oxygens (including phenoxy) is 1. The quantitative estimate of drug-likeness (QED) is 0.603. The van der Waals surface area contributed by atoms with Crippen molar-refractivity contribution in [2.75, 3.05) is 25.0 Å². The summed E-state index contributed by atoms with van der Waals surface area (Å²) in [5.41, 5.74) is 5.91. The van der Waals surface area contributed by atoms with Gasteiger partial charge in [0.2, 0.25) is 5.91 Å². The predicted octanol–water partition coefficient (Wildman–Crippen LogP) is 1.63. The van der Waals surface area contributed by atoms with Crippen LogP contribution in [0.4, 0.5) is 5.69 Å². The molecule has 0 radical (unpaired) electrons. The molecule has 3 N–H and O–H groups in total. The number of carbonyl (C=O) groups excluding carboxylic acids is 2. The molecule has 2 amide bonds. The molecular weight excluding hydrogens is 320 g/mol. The highest BCUT2D eigenvalue weighted by Gasteiger charge is 2.22. The number of hydrogen-bond donors (Lipinski definition) is 2. The minimum atomic E-state index is -0.469. The molecule has 0 unspecified atom stereocenters. The number of amides is 2. The van der Waals surface area contributed by atoms with Crippen LogP contribution in [0.25, 0.3) is 0 Å². The Kier molecular flexibility index (Phi) is 6.40. The van der Waals surface area contributed by atoms with Crippen molar-refractivity contribution < 1.29 is 14.3 Å². The average Bonchev–Trinajstić information content (AvgIpc) is 2.62. The van der Waals surface area contributed by atoms with E-state index < -0.39 is 5.91 Å². The molecule has 1 heterocycles. The summed E-state index contributed by atoms with van der Waals surface area (Å²) in [6.07, 6.45) is 2.80. The first-order valence-corrected chi connectivity index (χ1v) is 8.23. The van der Waals surface area contributed by atoms with Gasteiger partial charge in [-0.25, -0.2) is 0 Å². The molecule has 7 nitrogen and oxygen atoms in total. The minimum absolute atomic E-state index is 0.0198. The second-order valence-corrected chi connectivity index (χ2v) is 5.78. The summed E-state index contributed by atoms with van der Waals surface area (Å²) in [6, 6.07) is 8.87. The molecule has 1 aliphatic rings. The van der Waals surface area contributed by atoms with Gasteiger partial charge in [0.1, 0.15) is 17.4 Å². The fourth-order valence-electron chi connectivity index (χ4n) is 2.63. The van der Waals surface area contributed by atoms with Crippen molar-refractivity contribution in [1.29, 1.82) is 5.26 Å². The first kappa shape index (κ1) is 18.3. The predicted molar refractivity (Wildman–Crippen MR) is 93.4 cm³/mol. The molecule has 1 aromatic rings. The summed E-state index contributed by atoms with van der Waals surface area (Å²) in [4.78, 5) is 25.3. The van der Waals surface area contributed by atoms with Crippen molar-refractivity contribution in [2.24, 2.45) is 11.7 Å². The van der Waals surface area contributed by atoms with Crippen molar-refractivity contribution in [3.8, 4) is 11.8 Å². The lowest BCUT2D eigenvalue weighted by molar-refractivity contribution is -0.123.